The summed E-state index contributed by atoms with van der Waals surface area (Å²) < 4.78 is 23.0. The Bertz CT molecular complexity index is 478. The fourth-order valence-corrected chi connectivity index (χ4v) is 2.42. The summed E-state index contributed by atoms with van der Waals surface area (Å²) >= 11 is 5.95. The molecule has 0 radical (unpaired) electrons. The molecule has 3 nitrogen and oxygen atoms in total. The van der Waals surface area contributed by atoms with Crippen molar-refractivity contribution in [3.8, 4) is 0 Å². The van der Waals surface area contributed by atoms with E-state index in [1.807, 2.05) is 18.2 Å². The van der Waals surface area contributed by atoms with Crippen LogP contribution in [0.5, 0.6) is 0 Å². The first-order chi connectivity index (χ1) is 7.74. The lowest BCUT2D eigenvalue weighted by molar-refractivity contribution is 0.560. The van der Waals surface area contributed by atoms with Crippen molar-refractivity contribution in [2.75, 3.05) is 17.6 Å². The molecule has 5 heteroatoms. The Kier molecular flexibility index (Phi) is 4.44. The predicted octanol–water partition coefficient (Wildman–Crippen LogP) is 2.97. The first-order valence-electron chi connectivity index (χ1n) is 5.45. The minimum Gasteiger partial charge on any atom is -0.383 e. The lowest BCUT2D eigenvalue weighted by atomic mass is 10.3. The van der Waals surface area contributed by atoms with Gasteiger partial charge in [0.1, 0.15) is 0 Å². The van der Waals surface area contributed by atoms with Gasteiger partial charge in [-0.1, -0.05) is 23.7 Å². The van der Waals surface area contributed by atoms with E-state index in [1.165, 1.54) is 0 Å². The number of hydrogen-bond acceptors (Lipinski definition) is 3. The average molecular weight is 276 g/mol. The van der Waals surface area contributed by atoms with Crippen molar-refractivity contribution in [2.45, 2.75) is 25.5 Å². The SMILES string of the molecule is CC(C)(C)S(=O)(=O)CCNc1ccccc1Cl. The molecule has 1 N–H and O–H groups in total. The number of anilines is 1. The first kappa shape index (κ1) is 14.3. The fraction of sp³-hybridized carbons (Fsp3) is 0.500. The summed E-state index contributed by atoms with van der Waals surface area (Å²) in [6, 6.07) is 7.28. The van der Waals surface area contributed by atoms with Crippen molar-refractivity contribution in [3.63, 3.8) is 0 Å². The summed E-state index contributed by atoms with van der Waals surface area (Å²) in [4.78, 5) is 0. The van der Waals surface area contributed by atoms with Crippen molar-refractivity contribution >= 4 is 27.1 Å². The van der Waals surface area contributed by atoms with E-state index in [0.717, 1.165) is 5.69 Å². The van der Waals surface area contributed by atoms with Gasteiger partial charge in [0.05, 0.1) is 21.2 Å². The van der Waals surface area contributed by atoms with Crippen LogP contribution in [0.15, 0.2) is 24.3 Å². The van der Waals surface area contributed by atoms with Gasteiger partial charge in [0.25, 0.3) is 0 Å². The van der Waals surface area contributed by atoms with Crippen LogP contribution in [0.2, 0.25) is 5.02 Å². The first-order valence-corrected chi connectivity index (χ1v) is 7.48. The highest BCUT2D eigenvalue weighted by Crippen LogP contribution is 2.21. The van der Waals surface area contributed by atoms with Crippen LogP contribution in [0.3, 0.4) is 0 Å². The number of sulfone groups is 1. The lowest BCUT2D eigenvalue weighted by Gasteiger charge is -2.19. The van der Waals surface area contributed by atoms with Crippen molar-refractivity contribution in [1.82, 2.24) is 0 Å². The number of halogens is 1. The quantitative estimate of drug-likeness (QED) is 0.919. The van der Waals surface area contributed by atoms with E-state index in [2.05, 4.69) is 5.32 Å². The molecule has 0 saturated heterocycles. The summed E-state index contributed by atoms with van der Waals surface area (Å²) in [5.41, 5.74) is 0.762. The van der Waals surface area contributed by atoms with E-state index >= 15 is 0 Å². The molecule has 0 unspecified atom stereocenters. The second-order valence-electron chi connectivity index (χ2n) is 4.84. The molecule has 0 aliphatic carbocycles. The number of benzene rings is 1. The van der Waals surface area contributed by atoms with Crippen LogP contribution in [0.4, 0.5) is 5.69 Å². The van der Waals surface area contributed by atoms with Crippen LogP contribution < -0.4 is 5.32 Å². The van der Waals surface area contributed by atoms with Gasteiger partial charge in [-0.3, -0.25) is 0 Å². The smallest absolute Gasteiger partial charge is 0.156 e. The molecule has 0 bridgehead atoms. The van der Waals surface area contributed by atoms with E-state index < -0.39 is 14.6 Å². The largest absolute Gasteiger partial charge is 0.383 e. The molecule has 1 rings (SSSR count). The van der Waals surface area contributed by atoms with Crippen LogP contribution in [0.25, 0.3) is 0 Å². The van der Waals surface area contributed by atoms with Crippen molar-refractivity contribution in [1.29, 1.82) is 0 Å². The zero-order valence-corrected chi connectivity index (χ0v) is 11.9. The van der Waals surface area contributed by atoms with E-state index in [-0.39, 0.29) is 5.75 Å². The summed E-state index contributed by atoms with van der Waals surface area (Å²) in [7, 11) is -3.09. The monoisotopic (exact) mass is 275 g/mol. The maximum atomic E-state index is 11.9. The van der Waals surface area contributed by atoms with Gasteiger partial charge in [-0.15, -0.1) is 0 Å². The molecule has 0 spiro atoms. The molecule has 0 amide bonds. The number of hydrogen-bond donors (Lipinski definition) is 1. The van der Waals surface area contributed by atoms with Crippen molar-refractivity contribution < 1.29 is 8.42 Å². The number of rotatable bonds is 4. The molecule has 0 aliphatic heterocycles. The van der Waals surface area contributed by atoms with E-state index in [1.54, 1.807) is 26.8 Å². The molecule has 0 atom stereocenters. The molecule has 17 heavy (non-hydrogen) atoms. The summed E-state index contributed by atoms with van der Waals surface area (Å²) in [6.07, 6.45) is 0. The topological polar surface area (TPSA) is 46.2 Å². The zero-order valence-electron chi connectivity index (χ0n) is 10.3. The van der Waals surface area contributed by atoms with Crippen molar-refractivity contribution in [2.24, 2.45) is 0 Å². The lowest BCUT2D eigenvalue weighted by Crippen LogP contribution is -2.32. The molecule has 0 heterocycles. The third-order valence-electron chi connectivity index (χ3n) is 2.49. The van der Waals surface area contributed by atoms with Gasteiger partial charge in [-0.25, -0.2) is 8.42 Å². The van der Waals surface area contributed by atoms with Crippen LogP contribution in [-0.4, -0.2) is 25.5 Å². The Balaban J connectivity index is 2.58. The molecule has 0 aromatic heterocycles. The third kappa shape index (κ3) is 3.89. The van der Waals surface area contributed by atoms with Gasteiger partial charge in [0, 0.05) is 6.54 Å². The maximum absolute atomic E-state index is 11.9. The molecule has 1 aromatic rings. The molecule has 96 valence electrons. The van der Waals surface area contributed by atoms with Gasteiger partial charge < -0.3 is 5.32 Å². The molecular weight excluding hydrogens is 258 g/mol. The zero-order chi connectivity index (χ0) is 13.1. The summed E-state index contributed by atoms with van der Waals surface area (Å²) in [5, 5.41) is 3.63. The Morgan fingerprint density at radius 1 is 1.24 bits per heavy atom. The number of nitrogens with one attached hydrogen (secondary N) is 1. The minimum absolute atomic E-state index is 0.0989. The fourth-order valence-electron chi connectivity index (χ4n) is 1.23. The van der Waals surface area contributed by atoms with Crippen LogP contribution in [-0.2, 0) is 9.84 Å². The van der Waals surface area contributed by atoms with Crippen molar-refractivity contribution in [3.05, 3.63) is 29.3 Å². The highest BCUT2D eigenvalue weighted by molar-refractivity contribution is 7.92. The van der Waals surface area contributed by atoms with E-state index in [0.29, 0.717) is 11.6 Å². The molecule has 0 aliphatic rings. The van der Waals surface area contributed by atoms with Crippen LogP contribution in [0, 0.1) is 0 Å². The van der Waals surface area contributed by atoms with E-state index in [9.17, 15) is 8.42 Å². The highest BCUT2D eigenvalue weighted by atomic mass is 35.5. The number of para-hydroxylation sites is 1. The Morgan fingerprint density at radius 3 is 2.35 bits per heavy atom. The van der Waals surface area contributed by atoms with Gasteiger partial charge in [0.15, 0.2) is 9.84 Å². The third-order valence-corrected chi connectivity index (χ3v) is 5.43. The molecular formula is C12H18ClNO2S. The predicted molar refractivity (Wildman–Crippen MR) is 73.5 cm³/mol. The average Bonchev–Trinajstić information content (AvgIpc) is 2.19. The second-order valence-corrected chi connectivity index (χ2v) is 8.11. The maximum Gasteiger partial charge on any atom is 0.156 e. The van der Waals surface area contributed by atoms with Gasteiger partial charge >= 0.3 is 0 Å². The summed E-state index contributed by atoms with van der Waals surface area (Å²) in [5.74, 6) is 0.0989. The molecule has 0 fully saturated rings. The van der Waals surface area contributed by atoms with Crippen LogP contribution in [0.1, 0.15) is 20.8 Å². The minimum atomic E-state index is -3.09. The molecule has 1 aromatic carbocycles. The summed E-state index contributed by atoms with van der Waals surface area (Å²) in [6.45, 7) is 5.48. The second kappa shape index (κ2) is 5.27. The normalized spacial score (nSPS) is 12.5. The van der Waals surface area contributed by atoms with E-state index in [4.69, 9.17) is 11.6 Å². The standard InChI is InChI=1S/C12H18ClNO2S/c1-12(2,3)17(15,16)9-8-14-11-7-5-4-6-10(11)13/h4-7,14H,8-9H2,1-3H3. The molecule has 0 saturated carbocycles. The van der Waals surface area contributed by atoms with Crippen LogP contribution >= 0.6 is 11.6 Å². The Hall–Kier alpha value is -0.740. The van der Waals surface area contributed by atoms with Gasteiger partial charge in [-0.05, 0) is 32.9 Å². The Labute approximate surface area is 108 Å². The van der Waals surface area contributed by atoms with Gasteiger partial charge in [0.2, 0.25) is 0 Å². The Morgan fingerprint density at radius 2 is 1.82 bits per heavy atom. The van der Waals surface area contributed by atoms with Gasteiger partial charge in [-0.2, -0.15) is 0 Å². The highest BCUT2D eigenvalue weighted by Gasteiger charge is 2.28.